The van der Waals surface area contributed by atoms with Gasteiger partial charge in [0.1, 0.15) is 6.61 Å². The summed E-state index contributed by atoms with van der Waals surface area (Å²) < 4.78 is 10.3. The topological polar surface area (TPSA) is 83.8 Å². The molecule has 1 amide bonds. The number of benzene rings is 1. The quantitative estimate of drug-likeness (QED) is 0.530. The second-order valence-corrected chi connectivity index (χ2v) is 6.03. The van der Waals surface area contributed by atoms with Gasteiger partial charge in [-0.2, -0.15) is 0 Å². The highest BCUT2D eigenvalue weighted by Gasteiger charge is 2.11. The van der Waals surface area contributed by atoms with Gasteiger partial charge >= 0.3 is 5.97 Å². The fourth-order valence-electron chi connectivity index (χ4n) is 2.32. The minimum absolute atomic E-state index is 0.131. The Balaban J connectivity index is 1.81. The molecule has 1 aromatic carbocycles. The van der Waals surface area contributed by atoms with E-state index in [1.165, 1.54) is 6.26 Å². The van der Waals surface area contributed by atoms with Gasteiger partial charge in [-0.15, -0.1) is 0 Å². The van der Waals surface area contributed by atoms with E-state index in [1.54, 1.807) is 36.4 Å². The minimum atomic E-state index is -0.439. The molecule has 0 aliphatic heterocycles. The van der Waals surface area contributed by atoms with Crippen molar-refractivity contribution in [3.8, 4) is 0 Å². The molecule has 2 rings (SSSR count). The molecule has 0 saturated carbocycles. The largest absolute Gasteiger partial charge is 0.461 e. The summed E-state index contributed by atoms with van der Waals surface area (Å²) in [6.45, 7) is 7.04. The summed E-state index contributed by atoms with van der Waals surface area (Å²) >= 11 is 5.09. The predicted molar refractivity (Wildman–Crippen MR) is 107 cm³/mol. The molecule has 0 atom stereocenters. The highest BCUT2D eigenvalue weighted by atomic mass is 32.1. The van der Waals surface area contributed by atoms with E-state index in [9.17, 15) is 9.59 Å². The van der Waals surface area contributed by atoms with Crippen molar-refractivity contribution in [1.82, 2.24) is 10.2 Å². The Morgan fingerprint density at radius 2 is 1.85 bits per heavy atom. The van der Waals surface area contributed by atoms with Crippen LogP contribution < -0.4 is 10.6 Å². The Morgan fingerprint density at radius 3 is 2.44 bits per heavy atom. The molecular formula is C19H23N3O4S. The number of carbonyl (C=O) groups excluding carboxylic acids is 2. The number of nitrogens with zero attached hydrogens (tertiary/aromatic N) is 1. The second-order valence-electron chi connectivity index (χ2n) is 5.63. The fraction of sp³-hybridized carbons (Fsp3) is 0.316. The number of likely N-dealkylation sites (N-methyl/N-ethyl adjacent to an activating group) is 1. The van der Waals surface area contributed by atoms with Crippen LogP contribution in [0.1, 0.15) is 34.8 Å². The molecule has 8 heteroatoms. The van der Waals surface area contributed by atoms with Crippen LogP contribution in [0.2, 0.25) is 0 Å². The van der Waals surface area contributed by atoms with Crippen molar-refractivity contribution in [3.05, 3.63) is 54.0 Å². The van der Waals surface area contributed by atoms with E-state index in [1.807, 2.05) is 0 Å². The summed E-state index contributed by atoms with van der Waals surface area (Å²) in [7, 11) is 0. The number of nitrogens with one attached hydrogen (secondary N) is 2. The maximum Gasteiger partial charge on any atom is 0.338 e. The predicted octanol–water partition coefficient (Wildman–Crippen LogP) is 2.91. The summed E-state index contributed by atoms with van der Waals surface area (Å²) in [5.41, 5.74) is 1.09. The van der Waals surface area contributed by atoms with Gasteiger partial charge in [-0.05, 0) is 61.7 Å². The molecule has 144 valence electrons. The Kier molecular flexibility index (Phi) is 7.97. The zero-order valence-electron chi connectivity index (χ0n) is 15.4. The monoisotopic (exact) mass is 389 g/mol. The van der Waals surface area contributed by atoms with Gasteiger partial charge in [0.25, 0.3) is 5.91 Å². The van der Waals surface area contributed by atoms with Gasteiger partial charge in [-0.25, -0.2) is 4.79 Å². The van der Waals surface area contributed by atoms with Crippen molar-refractivity contribution < 1.29 is 18.7 Å². The van der Waals surface area contributed by atoms with Gasteiger partial charge in [0.2, 0.25) is 0 Å². The van der Waals surface area contributed by atoms with Crippen LogP contribution in [0.15, 0.2) is 47.1 Å². The zero-order chi connectivity index (χ0) is 19.6. The number of furan rings is 1. The number of hydrogen-bond acceptors (Lipinski definition) is 6. The molecular weight excluding hydrogens is 366 g/mol. The number of esters is 1. The van der Waals surface area contributed by atoms with E-state index in [-0.39, 0.29) is 16.8 Å². The number of ether oxygens (including phenoxy) is 1. The molecule has 0 aliphatic carbocycles. The molecule has 0 bridgehead atoms. The molecule has 0 radical (unpaired) electrons. The Bertz CT molecular complexity index is 756. The first-order chi connectivity index (χ1) is 13.0. The molecule has 1 heterocycles. The summed E-state index contributed by atoms with van der Waals surface area (Å²) in [4.78, 5) is 26.1. The lowest BCUT2D eigenvalue weighted by atomic mass is 10.2. The Hall–Kier alpha value is -2.71. The summed E-state index contributed by atoms with van der Waals surface area (Å²) in [6, 6.07) is 9.81. The molecule has 2 N–H and O–H groups in total. The summed E-state index contributed by atoms with van der Waals surface area (Å²) in [5.74, 6) is -0.643. The molecule has 2 aromatic rings. The third-order valence-electron chi connectivity index (χ3n) is 3.89. The van der Waals surface area contributed by atoms with Crippen LogP contribution in [0.3, 0.4) is 0 Å². The standard InChI is InChI=1S/C19H23N3O4S/c1-3-22(4-2)11-13-26-18(24)14-7-9-15(10-8-14)20-19(27)21-17(23)16-6-5-12-25-16/h5-10,12H,3-4,11,13H2,1-2H3,(H2,20,21,23,27). The molecule has 1 aromatic heterocycles. The van der Waals surface area contributed by atoms with Gasteiger partial charge in [-0.1, -0.05) is 13.8 Å². The van der Waals surface area contributed by atoms with Crippen LogP contribution in [-0.2, 0) is 4.74 Å². The number of rotatable bonds is 8. The van der Waals surface area contributed by atoms with Gasteiger partial charge in [0.05, 0.1) is 11.8 Å². The number of amides is 1. The SMILES string of the molecule is CCN(CC)CCOC(=O)c1ccc(NC(=S)NC(=O)c2ccco2)cc1. The maximum atomic E-state index is 12.1. The van der Waals surface area contributed by atoms with Crippen molar-refractivity contribution in [2.24, 2.45) is 0 Å². The van der Waals surface area contributed by atoms with Crippen molar-refractivity contribution >= 4 is 34.9 Å². The average molecular weight is 389 g/mol. The van der Waals surface area contributed by atoms with Gasteiger partial charge in [0, 0.05) is 12.2 Å². The van der Waals surface area contributed by atoms with E-state index in [4.69, 9.17) is 21.4 Å². The number of hydrogen-bond donors (Lipinski definition) is 2. The number of carbonyl (C=O) groups is 2. The van der Waals surface area contributed by atoms with Crippen molar-refractivity contribution in [3.63, 3.8) is 0 Å². The number of anilines is 1. The first-order valence-corrected chi connectivity index (χ1v) is 9.09. The summed E-state index contributed by atoms with van der Waals surface area (Å²) in [5, 5.41) is 5.51. The van der Waals surface area contributed by atoms with Crippen molar-refractivity contribution in [2.45, 2.75) is 13.8 Å². The first kappa shape index (κ1) is 20.6. The number of thiocarbonyl (C=S) groups is 1. The van der Waals surface area contributed by atoms with E-state index in [0.717, 1.165) is 13.1 Å². The summed E-state index contributed by atoms with van der Waals surface area (Å²) in [6.07, 6.45) is 1.41. The van der Waals surface area contributed by atoms with Crippen LogP contribution in [0, 0.1) is 0 Å². The van der Waals surface area contributed by atoms with Crippen molar-refractivity contribution in [1.29, 1.82) is 0 Å². The molecule has 0 unspecified atom stereocenters. The van der Waals surface area contributed by atoms with Crippen molar-refractivity contribution in [2.75, 3.05) is 31.6 Å². The third-order valence-corrected chi connectivity index (χ3v) is 4.09. The normalized spacial score (nSPS) is 10.5. The first-order valence-electron chi connectivity index (χ1n) is 8.68. The highest BCUT2D eigenvalue weighted by Crippen LogP contribution is 2.11. The molecule has 0 saturated heterocycles. The van der Waals surface area contributed by atoms with E-state index in [0.29, 0.717) is 24.4 Å². The van der Waals surface area contributed by atoms with Gasteiger partial charge in [0.15, 0.2) is 10.9 Å². The van der Waals surface area contributed by atoms with Crippen LogP contribution >= 0.6 is 12.2 Å². The van der Waals surface area contributed by atoms with Gasteiger partial charge in [-0.3, -0.25) is 10.1 Å². The lowest BCUT2D eigenvalue weighted by Crippen LogP contribution is -2.33. The molecule has 7 nitrogen and oxygen atoms in total. The maximum absolute atomic E-state index is 12.1. The van der Waals surface area contributed by atoms with Crippen LogP contribution in [0.5, 0.6) is 0 Å². The lowest BCUT2D eigenvalue weighted by Gasteiger charge is -2.17. The second kappa shape index (κ2) is 10.4. The minimum Gasteiger partial charge on any atom is -0.461 e. The van der Waals surface area contributed by atoms with Crippen LogP contribution in [0.4, 0.5) is 5.69 Å². The smallest absolute Gasteiger partial charge is 0.338 e. The highest BCUT2D eigenvalue weighted by molar-refractivity contribution is 7.80. The average Bonchev–Trinajstić information content (AvgIpc) is 3.20. The molecule has 0 fully saturated rings. The van der Waals surface area contributed by atoms with Crippen LogP contribution in [0.25, 0.3) is 0 Å². The molecule has 0 aliphatic rings. The fourth-order valence-corrected chi connectivity index (χ4v) is 2.53. The van der Waals surface area contributed by atoms with E-state index >= 15 is 0 Å². The van der Waals surface area contributed by atoms with Crippen LogP contribution in [-0.4, -0.2) is 48.1 Å². The van der Waals surface area contributed by atoms with E-state index < -0.39 is 5.91 Å². The Morgan fingerprint density at radius 1 is 1.15 bits per heavy atom. The van der Waals surface area contributed by atoms with Gasteiger partial charge < -0.3 is 19.4 Å². The molecule has 0 spiro atoms. The van der Waals surface area contributed by atoms with E-state index in [2.05, 4.69) is 29.4 Å². The molecule has 27 heavy (non-hydrogen) atoms. The third kappa shape index (κ3) is 6.50. The lowest BCUT2D eigenvalue weighted by molar-refractivity contribution is 0.0466. The zero-order valence-corrected chi connectivity index (χ0v) is 16.2. The Labute approximate surface area is 163 Å².